The molecule has 2 N–H and O–H groups in total. The number of H-pyrrole nitrogens is 2. The third-order valence-corrected chi connectivity index (χ3v) is 4.34. The lowest BCUT2D eigenvalue weighted by Gasteiger charge is -2.41. The van der Waals surface area contributed by atoms with E-state index in [0.717, 1.165) is 5.69 Å². The zero-order valence-corrected chi connectivity index (χ0v) is 13.7. The first-order valence-electron chi connectivity index (χ1n) is 7.90. The smallest absolute Gasteiger partial charge is 0.325 e. The number of anilines is 1. The highest BCUT2D eigenvalue weighted by Crippen LogP contribution is 2.20. The van der Waals surface area contributed by atoms with Crippen molar-refractivity contribution in [3.05, 3.63) is 62.4 Å². The lowest BCUT2D eigenvalue weighted by Crippen LogP contribution is -2.55. The summed E-state index contributed by atoms with van der Waals surface area (Å²) in [7, 11) is 0. The molecule has 7 nitrogen and oxygen atoms in total. The van der Waals surface area contributed by atoms with E-state index in [1.807, 2.05) is 13.8 Å². The van der Waals surface area contributed by atoms with Crippen LogP contribution in [0.1, 0.15) is 22.8 Å². The number of aromatic amines is 2. The number of aromatic nitrogens is 2. The monoisotopic (exact) mass is 328 g/mol. The fourth-order valence-electron chi connectivity index (χ4n) is 2.97. The van der Waals surface area contributed by atoms with Gasteiger partial charge in [-0.1, -0.05) is 17.7 Å². The maximum atomic E-state index is 12.6. The fourth-order valence-corrected chi connectivity index (χ4v) is 2.97. The highest BCUT2D eigenvalue weighted by molar-refractivity contribution is 5.93. The number of hydrogen-bond donors (Lipinski definition) is 2. The molecule has 2 heterocycles. The summed E-state index contributed by atoms with van der Waals surface area (Å²) in [6.07, 6.45) is 1.18. The topological polar surface area (TPSA) is 89.3 Å². The zero-order chi connectivity index (χ0) is 17.3. The molecule has 1 aliphatic rings. The van der Waals surface area contributed by atoms with Crippen LogP contribution in [-0.2, 0) is 0 Å². The van der Waals surface area contributed by atoms with E-state index in [2.05, 4.69) is 39.1 Å². The van der Waals surface area contributed by atoms with Crippen LogP contribution < -0.4 is 16.1 Å². The van der Waals surface area contributed by atoms with Crippen LogP contribution in [0.3, 0.4) is 0 Å². The molecule has 1 aliphatic heterocycles. The minimum absolute atomic E-state index is 0.0368. The number of aryl methyl sites for hydroxylation is 1. The molecular formula is C17H20N4O3. The Balaban J connectivity index is 1.76. The molecule has 0 bridgehead atoms. The molecule has 0 aliphatic carbocycles. The molecule has 1 aromatic heterocycles. The Bertz CT molecular complexity index is 853. The van der Waals surface area contributed by atoms with Crippen molar-refractivity contribution >= 4 is 11.6 Å². The Morgan fingerprint density at radius 3 is 2.50 bits per heavy atom. The number of benzene rings is 1. The van der Waals surface area contributed by atoms with E-state index >= 15 is 0 Å². The second-order valence-electron chi connectivity index (χ2n) is 6.11. The third kappa shape index (κ3) is 3.10. The van der Waals surface area contributed by atoms with Crippen LogP contribution >= 0.6 is 0 Å². The first-order valence-corrected chi connectivity index (χ1v) is 7.90. The Labute approximate surface area is 138 Å². The van der Waals surface area contributed by atoms with Gasteiger partial charge in [0.25, 0.3) is 11.5 Å². The van der Waals surface area contributed by atoms with Gasteiger partial charge in [-0.25, -0.2) is 4.79 Å². The van der Waals surface area contributed by atoms with E-state index in [9.17, 15) is 14.4 Å². The van der Waals surface area contributed by atoms with E-state index in [0.29, 0.717) is 19.6 Å². The van der Waals surface area contributed by atoms with Gasteiger partial charge in [0.15, 0.2) is 0 Å². The van der Waals surface area contributed by atoms with Gasteiger partial charge in [0, 0.05) is 37.6 Å². The molecule has 7 heteroatoms. The summed E-state index contributed by atoms with van der Waals surface area (Å²) in [6, 6.07) is 8.24. The summed E-state index contributed by atoms with van der Waals surface area (Å²) in [6.45, 7) is 5.91. The normalized spacial score (nSPS) is 17.8. The van der Waals surface area contributed by atoms with Crippen LogP contribution in [0.2, 0.25) is 0 Å². The Morgan fingerprint density at radius 1 is 1.17 bits per heavy atom. The van der Waals surface area contributed by atoms with Crippen molar-refractivity contribution < 1.29 is 4.79 Å². The van der Waals surface area contributed by atoms with Crippen molar-refractivity contribution in [1.82, 2.24) is 14.9 Å². The van der Waals surface area contributed by atoms with E-state index < -0.39 is 11.2 Å². The number of piperazine rings is 1. The van der Waals surface area contributed by atoms with Gasteiger partial charge in [-0.05, 0) is 26.0 Å². The number of nitrogens with one attached hydrogen (secondary N) is 2. The average Bonchev–Trinajstić information content (AvgIpc) is 2.55. The molecule has 1 atom stereocenters. The molecule has 0 radical (unpaired) electrons. The number of hydrogen-bond acceptors (Lipinski definition) is 4. The second kappa shape index (κ2) is 6.35. The minimum Gasteiger partial charge on any atom is -0.368 e. The minimum atomic E-state index is -0.656. The highest BCUT2D eigenvalue weighted by Gasteiger charge is 2.29. The molecule has 1 saturated heterocycles. The standard InChI is InChI=1S/C17H20N4O3/c1-11-3-5-13(6-4-11)20-7-8-21(12(2)10-20)16(23)14-9-18-17(24)19-15(14)22/h3-6,9,12H,7-8,10H2,1-2H3,(H2,18,19,22,24). The summed E-state index contributed by atoms with van der Waals surface area (Å²) in [5.41, 5.74) is 1.02. The van der Waals surface area contributed by atoms with Crippen molar-refractivity contribution in [2.24, 2.45) is 0 Å². The van der Waals surface area contributed by atoms with Crippen LogP contribution in [0.4, 0.5) is 5.69 Å². The zero-order valence-electron chi connectivity index (χ0n) is 13.7. The first kappa shape index (κ1) is 16.0. The van der Waals surface area contributed by atoms with E-state index in [4.69, 9.17) is 0 Å². The lowest BCUT2D eigenvalue weighted by atomic mass is 10.1. The van der Waals surface area contributed by atoms with Crippen LogP contribution in [0, 0.1) is 6.92 Å². The van der Waals surface area contributed by atoms with Gasteiger partial charge in [-0.15, -0.1) is 0 Å². The molecule has 1 aromatic carbocycles. The molecule has 2 aromatic rings. The molecular weight excluding hydrogens is 308 g/mol. The van der Waals surface area contributed by atoms with Gasteiger partial charge >= 0.3 is 5.69 Å². The Hall–Kier alpha value is -2.83. The largest absolute Gasteiger partial charge is 0.368 e. The van der Waals surface area contributed by atoms with Gasteiger partial charge < -0.3 is 14.8 Å². The summed E-state index contributed by atoms with van der Waals surface area (Å²) in [5.74, 6) is -0.358. The molecule has 0 saturated carbocycles. The van der Waals surface area contributed by atoms with E-state index in [-0.39, 0.29) is 17.5 Å². The molecule has 24 heavy (non-hydrogen) atoms. The molecule has 126 valence electrons. The van der Waals surface area contributed by atoms with Crippen molar-refractivity contribution in [2.45, 2.75) is 19.9 Å². The van der Waals surface area contributed by atoms with Crippen molar-refractivity contribution in [1.29, 1.82) is 0 Å². The van der Waals surface area contributed by atoms with Crippen molar-refractivity contribution in [3.63, 3.8) is 0 Å². The van der Waals surface area contributed by atoms with Gasteiger partial charge in [-0.3, -0.25) is 14.6 Å². The maximum Gasteiger partial charge on any atom is 0.325 e. The summed E-state index contributed by atoms with van der Waals surface area (Å²) in [4.78, 5) is 43.8. The summed E-state index contributed by atoms with van der Waals surface area (Å²) >= 11 is 0. The average molecular weight is 328 g/mol. The predicted octanol–water partition coefficient (Wildman–Crippen LogP) is 0.723. The second-order valence-corrected chi connectivity index (χ2v) is 6.11. The number of amides is 1. The molecule has 3 rings (SSSR count). The van der Waals surface area contributed by atoms with Gasteiger partial charge in [-0.2, -0.15) is 0 Å². The van der Waals surface area contributed by atoms with Gasteiger partial charge in [0.2, 0.25) is 0 Å². The van der Waals surface area contributed by atoms with Crippen molar-refractivity contribution in [2.75, 3.05) is 24.5 Å². The number of carbonyl (C=O) groups excluding carboxylic acids is 1. The highest BCUT2D eigenvalue weighted by atomic mass is 16.2. The Kier molecular flexibility index (Phi) is 4.24. The number of carbonyl (C=O) groups is 1. The third-order valence-electron chi connectivity index (χ3n) is 4.34. The van der Waals surface area contributed by atoms with E-state index in [1.165, 1.54) is 11.8 Å². The quantitative estimate of drug-likeness (QED) is 0.850. The van der Waals surface area contributed by atoms with Crippen LogP contribution in [0.5, 0.6) is 0 Å². The molecule has 1 unspecified atom stereocenters. The van der Waals surface area contributed by atoms with E-state index in [1.54, 1.807) is 4.90 Å². The van der Waals surface area contributed by atoms with Crippen LogP contribution in [-0.4, -0.2) is 46.5 Å². The summed E-state index contributed by atoms with van der Waals surface area (Å²) < 4.78 is 0. The molecule has 1 fully saturated rings. The molecule has 0 spiro atoms. The van der Waals surface area contributed by atoms with Crippen LogP contribution in [0.25, 0.3) is 0 Å². The lowest BCUT2D eigenvalue weighted by molar-refractivity contribution is 0.0671. The predicted molar refractivity (Wildman–Crippen MR) is 91.6 cm³/mol. The number of rotatable bonds is 2. The maximum absolute atomic E-state index is 12.6. The Morgan fingerprint density at radius 2 is 1.88 bits per heavy atom. The fraction of sp³-hybridized carbons (Fsp3) is 0.353. The van der Waals surface area contributed by atoms with Crippen LogP contribution in [0.15, 0.2) is 40.1 Å². The van der Waals surface area contributed by atoms with Gasteiger partial charge in [0.1, 0.15) is 5.56 Å². The van der Waals surface area contributed by atoms with Gasteiger partial charge in [0.05, 0.1) is 0 Å². The van der Waals surface area contributed by atoms with Crippen molar-refractivity contribution in [3.8, 4) is 0 Å². The number of nitrogens with zero attached hydrogens (tertiary/aromatic N) is 2. The summed E-state index contributed by atoms with van der Waals surface area (Å²) in [5, 5.41) is 0. The molecule has 1 amide bonds. The SMILES string of the molecule is Cc1ccc(N2CCN(C(=O)c3c[nH]c(=O)[nH]c3=O)C(C)C2)cc1. The first-order chi connectivity index (χ1) is 11.5.